The maximum absolute atomic E-state index is 12.8. The summed E-state index contributed by atoms with van der Waals surface area (Å²) in [5.74, 6) is 0.0749. The molecule has 0 amide bonds. The number of piperidine rings is 1. The molecule has 144 valence electrons. The largest absolute Gasteiger partial charge is 0.392 e. The first-order valence-corrected chi connectivity index (χ1v) is 10.9. The van der Waals surface area contributed by atoms with Crippen molar-refractivity contribution < 1.29 is 17.9 Å². The Morgan fingerprint density at radius 2 is 2.00 bits per heavy atom. The maximum Gasteiger partial charge on any atom is 0.243 e. The van der Waals surface area contributed by atoms with Crippen molar-refractivity contribution in [2.24, 2.45) is 11.3 Å². The summed E-state index contributed by atoms with van der Waals surface area (Å²) in [6.45, 7) is 0.571. The smallest absolute Gasteiger partial charge is 0.243 e. The molecule has 5 rings (SSSR count). The number of nitrogens with zero attached hydrogens (tertiary/aromatic N) is 3. The number of fused-ring (bicyclic) bond motifs is 3. The highest BCUT2D eigenvalue weighted by Crippen LogP contribution is 2.59. The molecule has 8 heteroatoms. The Hall–Kier alpha value is -1.77. The predicted octanol–water partition coefficient (Wildman–Crippen LogP) is 2.17. The van der Waals surface area contributed by atoms with Crippen LogP contribution in [0.25, 0.3) is 11.3 Å². The lowest BCUT2D eigenvalue weighted by Gasteiger charge is -2.57. The molecule has 0 radical (unpaired) electrons. The van der Waals surface area contributed by atoms with Gasteiger partial charge < -0.3 is 9.67 Å². The van der Waals surface area contributed by atoms with Crippen LogP contribution in [0.1, 0.15) is 30.9 Å². The number of aromatic nitrogens is 2. The van der Waals surface area contributed by atoms with Crippen molar-refractivity contribution in [3.8, 4) is 11.3 Å². The molecule has 0 bridgehead atoms. The minimum Gasteiger partial charge on any atom is -0.392 e. The second-order valence-corrected chi connectivity index (χ2v) is 9.91. The second-order valence-electron chi connectivity index (χ2n) is 8.01. The molecule has 1 aromatic heterocycles. The lowest BCUT2D eigenvalue weighted by molar-refractivity contribution is -0.152. The standard InChI is InChI=1S/C19H22FN3O3S/c20-11-27(25,26)22-7-5-19(6-8-22)9-15(18(19)24)17-14-4-2-1-3-13(14)16-10-21-12-23(16)17/h1-4,10,12,15,17-18,24H,5-9,11H2/t15-,17+,18+/m0/s1. The van der Waals surface area contributed by atoms with Crippen molar-refractivity contribution >= 4 is 10.0 Å². The first-order valence-electron chi connectivity index (χ1n) is 9.30. The number of alkyl halides is 1. The third kappa shape index (κ3) is 2.36. The van der Waals surface area contributed by atoms with E-state index in [1.165, 1.54) is 9.87 Å². The zero-order valence-corrected chi connectivity index (χ0v) is 15.6. The minimum atomic E-state index is -3.80. The van der Waals surface area contributed by atoms with Crippen molar-refractivity contribution in [3.05, 3.63) is 42.4 Å². The number of halogens is 1. The Bertz CT molecular complexity index is 982. The minimum absolute atomic E-state index is 0.0620. The maximum atomic E-state index is 12.8. The fourth-order valence-electron chi connectivity index (χ4n) is 5.37. The third-order valence-corrected chi connectivity index (χ3v) is 8.28. The lowest BCUT2D eigenvalue weighted by atomic mass is 9.53. The molecule has 1 spiro atoms. The fourth-order valence-corrected chi connectivity index (χ4v) is 6.25. The van der Waals surface area contributed by atoms with Gasteiger partial charge in [0.2, 0.25) is 16.0 Å². The summed E-state index contributed by atoms with van der Waals surface area (Å²) in [5, 5.41) is 11.1. The molecule has 3 aliphatic rings. The molecule has 2 fully saturated rings. The number of sulfonamides is 1. The van der Waals surface area contributed by atoms with E-state index < -0.39 is 22.1 Å². The molecule has 2 aromatic rings. The van der Waals surface area contributed by atoms with Crippen LogP contribution in [0.5, 0.6) is 0 Å². The Kier molecular flexibility index (Phi) is 3.76. The summed E-state index contributed by atoms with van der Waals surface area (Å²) < 4.78 is 39.6. The fraction of sp³-hybridized carbons (Fsp3) is 0.526. The molecule has 2 aliphatic heterocycles. The van der Waals surface area contributed by atoms with Crippen molar-refractivity contribution in [1.29, 1.82) is 0 Å². The number of rotatable bonds is 3. The molecule has 1 aliphatic carbocycles. The molecule has 0 unspecified atom stereocenters. The lowest BCUT2D eigenvalue weighted by Crippen LogP contribution is -2.59. The average Bonchev–Trinajstić information content (AvgIpc) is 3.27. The van der Waals surface area contributed by atoms with Crippen LogP contribution < -0.4 is 0 Å². The number of aliphatic hydroxyl groups is 1. The molecule has 6 nitrogen and oxygen atoms in total. The predicted molar refractivity (Wildman–Crippen MR) is 98.1 cm³/mol. The van der Waals surface area contributed by atoms with E-state index in [4.69, 9.17) is 0 Å². The van der Waals surface area contributed by atoms with Gasteiger partial charge in [-0.25, -0.2) is 17.8 Å². The van der Waals surface area contributed by atoms with Crippen LogP contribution in [-0.2, 0) is 10.0 Å². The molecular weight excluding hydrogens is 369 g/mol. The average molecular weight is 391 g/mol. The molecule has 1 saturated heterocycles. The highest BCUT2D eigenvalue weighted by Gasteiger charge is 2.58. The molecule has 3 atom stereocenters. The van der Waals surface area contributed by atoms with Gasteiger partial charge in [-0.3, -0.25) is 0 Å². The van der Waals surface area contributed by atoms with Gasteiger partial charge in [-0.2, -0.15) is 4.31 Å². The molecule has 1 aromatic carbocycles. The molecule has 1 N–H and O–H groups in total. The Morgan fingerprint density at radius 1 is 1.26 bits per heavy atom. The summed E-state index contributed by atoms with van der Waals surface area (Å²) in [6.07, 6.45) is 5.19. The number of aliphatic hydroxyl groups excluding tert-OH is 1. The highest BCUT2D eigenvalue weighted by atomic mass is 32.2. The van der Waals surface area contributed by atoms with Crippen LogP contribution in [0, 0.1) is 11.3 Å². The van der Waals surface area contributed by atoms with E-state index in [0.717, 1.165) is 17.7 Å². The van der Waals surface area contributed by atoms with Crippen molar-refractivity contribution in [2.45, 2.75) is 31.4 Å². The molecule has 3 heterocycles. The zero-order chi connectivity index (χ0) is 18.8. The van der Waals surface area contributed by atoms with Crippen LogP contribution in [0.3, 0.4) is 0 Å². The van der Waals surface area contributed by atoms with Crippen LogP contribution >= 0.6 is 0 Å². The van der Waals surface area contributed by atoms with Gasteiger partial charge in [0.25, 0.3) is 0 Å². The van der Waals surface area contributed by atoms with Gasteiger partial charge >= 0.3 is 0 Å². The number of hydrogen-bond donors (Lipinski definition) is 1. The van der Waals surface area contributed by atoms with E-state index in [1.807, 2.05) is 24.7 Å². The van der Waals surface area contributed by atoms with Crippen molar-refractivity contribution in [2.75, 3.05) is 19.1 Å². The summed E-state index contributed by atoms with van der Waals surface area (Å²) in [5.41, 5.74) is 3.20. The normalized spacial score (nSPS) is 29.3. The van der Waals surface area contributed by atoms with Crippen molar-refractivity contribution in [3.63, 3.8) is 0 Å². The summed E-state index contributed by atoms with van der Waals surface area (Å²) >= 11 is 0. The Morgan fingerprint density at radius 3 is 2.70 bits per heavy atom. The van der Waals surface area contributed by atoms with Gasteiger partial charge in [0, 0.05) is 24.6 Å². The SMILES string of the molecule is O=S(=O)(CF)N1CCC2(CC1)C[C@@H]([C@H]1c3ccccc3-c3cncn31)[C@H]2O. The zero-order valence-electron chi connectivity index (χ0n) is 14.8. The van der Waals surface area contributed by atoms with E-state index in [0.29, 0.717) is 12.8 Å². The topological polar surface area (TPSA) is 75.4 Å². The monoisotopic (exact) mass is 391 g/mol. The number of imidazole rings is 1. The molecular formula is C19H22FN3O3S. The van der Waals surface area contributed by atoms with Crippen LogP contribution in [0.4, 0.5) is 4.39 Å². The summed E-state index contributed by atoms with van der Waals surface area (Å²) in [7, 11) is -3.80. The van der Waals surface area contributed by atoms with Crippen LogP contribution in [0.15, 0.2) is 36.8 Å². The van der Waals surface area contributed by atoms with Gasteiger partial charge in [0.05, 0.1) is 30.4 Å². The molecule has 27 heavy (non-hydrogen) atoms. The van der Waals surface area contributed by atoms with E-state index in [2.05, 4.69) is 21.7 Å². The first kappa shape index (κ1) is 17.3. The van der Waals surface area contributed by atoms with E-state index in [9.17, 15) is 17.9 Å². The van der Waals surface area contributed by atoms with Crippen LogP contribution in [-0.4, -0.2) is 52.6 Å². The first-order chi connectivity index (χ1) is 13.0. The Balaban J connectivity index is 1.37. The number of hydrogen-bond acceptors (Lipinski definition) is 4. The van der Waals surface area contributed by atoms with Gasteiger partial charge in [-0.15, -0.1) is 0 Å². The van der Waals surface area contributed by atoms with Crippen LogP contribution in [0.2, 0.25) is 0 Å². The van der Waals surface area contributed by atoms with Gasteiger partial charge in [-0.1, -0.05) is 24.3 Å². The van der Waals surface area contributed by atoms with Gasteiger partial charge in [0.1, 0.15) is 0 Å². The quantitative estimate of drug-likeness (QED) is 0.870. The summed E-state index contributed by atoms with van der Waals surface area (Å²) in [6, 6.07) is 6.94. The van der Waals surface area contributed by atoms with Crippen molar-refractivity contribution in [1.82, 2.24) is 13.9 Å². The van der Waals surface area contributed by atoms with E-state index >= 15 is 0 Å². The summed E-state index contributed by atoms with van der Waals surface area (Å²) in [4.78, 5) is 4.28. The van der Waals surface area contributed by atoms with E-state index in [1.54, 1.807) is 0 Å². The van der Waals surface area contributed by atoms with E-state index in [-0.39, 0.29) is 30.5 Å². The number of benzene rings is 1. The van der Waals surface area contributed by atoms with Gasteiger partial charge in [-0.05, 0) is 30.2 Å². The Labute approximate surface area is 157 Å². The third-order valence-electron chi connectivity index (χ3n) is 6.85. The van der Waals surface area contributed by atoms with Gasteiger partial charge in [0.15, 0.2) is 0 Å². The highest BCUT2D eigenvalue weighted by molar-refractivity contribution is 7.88. The second kappa shape index (κ2) is 5.86. The molecule has 1 saturated carbocycles.